The highest BCUT2D eigenvalue weighted by Gasteiger charge is 2.35. The minimum absolute atomic E-state index is 0.191. The number of carbonyl (C=O) groups excluding carboxylic acids is 1. The van der Waals surface area contributed by atoms with Crippen LogP contribution in [0.2, 0.25) is 0 Å². The largest absolute Gasteiger partial charge is 0.432 e. The van der Waals surface area contributed by atoms with Crippen LogP contribution in [-0.4, -0.2) is 39.0 Å². The van der Waals surface area contributed by atoms with Crippen LogP contribution < -0.4 is 0 Å². The van der Waals surface area contributed by atoms with E-state index in [1.807, 2.05) is 0 Å². The van der Waals surface area contributed by atoms with Crippen LogP contribution in [0.5, 0.6) is 0 Å². The number of hydrogen-bond donors (Lipinski definition) is 1. The molecule has 2 aromatic heterocycles. The van der Waals surface area contributed by atoms with E-state index in [-0.39, 0.29) is 23.3 Å². The molecular formula is C13H13F3N4O2. The summed E-state index contributed by atoms with van der Waals surface area (Å²) < 4.78 is 42.5. The molecule has 1 N–H and O–H groups in total. The van der Waals surface area contributed by atoms with E-state index in [9.17, 15) is 18.0 Å². The maximum Gasteiger partial charge on any atom is 0.432 e. The first-order chi connectivity index (χ1) is 10.4. The Balaban J connectivity index is 1.73. The van der Waals surface area contributed by atoms with Crippen molar-refractivity contribution >= 4 is 5.91 Å². The number of carbonyl (C=O) groups is 1. The van der Waals surface area contributed by atoms with Crippen LogP contribution in [0.1, 0.15) is 40.8 Å². The van der Waals surface area contributed by atoms with Gasteiger partial charge in [0.05, 0.1) is 6.20 Å². The van der Waals surface area contributed by atoms with Gasteiger partial charge in [0.25, 0.3) is 5.91 Å². The van der Waals surface area contributed by atoms with E-state index in [2.05, 4.69) is 19.6 Å². The maximum absolute atomic E-state index is 12.6. The summed E-state index contributed by atoms with van der Waals surface area (Å²) in [6, 6.07) is 1.46. The Morgan fingerprint density at radius 3 is 2.91 bits per heavy atom. The van der Waals surface area contributed by atoms with Crippen molar-refractivity contribution in [3.05, 3.63) is 35.7 Å². The molecule has 3 heterocycles. The summed E-state index contributed by atoms with van der Waals surface area (Å²) in [6.45, 7) is 0.839. The van der Waals surface area contributed by atoms with Crippen LogP contribution in [0.3, 0.4) is 0 Å². The average molecular weight is 314 g/mol. The standard InChI is InChI=1S/C13H13F3N4O2/c14-13(15,16)10-6-17-11(18-10)8-2-1-4-20(7-8)12(21)9-3-5-22-19-9/h3,5-6,8H,1-2,4,7H2,(H,17,18). The Kier molecular flexibility index (Phi) is 3.63. The molecule has 1 atom stereocenters. The van der Waals surface area contributed by atoms with E-state index in [0.29, 0.717) is 25.9 Å². The summed E-state index contributed by atoms with van der Waals surface area (Å²) in [5.74, 6) is -0.285. The number of nitrogens with zero attached hydrogens (tertiary/aromatic N) is 3. The molecule has 0 aliphatic carbocycles. The number of H-pyrrole nitrogens is 1. The molecule has 0 saturated carbocycles. The number of piperidine rings is 1. The zero-order valence-electron chi connectivity index (χ0n) is 11.4. The predicted molar refractivity (Wildman–Crippen MR) is 68.0 cm³/mol. The quantitative estimate of drug-likeness (QED) is 0.924. The molecule has 22 heavy (non-hydrogen) atoms. The fraction of sp³-hybridized carbons (Fsp3) is 0.462. The fourth-order valence-electron chi connectivity index (χ4n) is 2.56. The fourth-order valence-corrected chi connectivity index (χ4v) is 2.56. The lowest BCUT2D eigenvalue weighted by atomic mass is 9.97. The van der Waals surface area contributed by atoms with Gasteiger partial charge < -0.3 is 14.4 Å². The predicted octanol–water partition coefficient (Wildman–Crippen LogP) is 2.44. The van der Waals surface area contributed by atoms with Gasteiger partial charge >= 0.3 is 6.18 Å². The van der Waals surface area contributed by atoms with Crippen molar-refractivity contribution in [2.75, 3.05) is 13.1 Å². The number of likely N-dealkylation sites (tertiary alicyclic amines) is 1. The van der Waals surface area contributed by atoms with Crippen molar-refractivity contribution in [2.24, 2.45) is 0 Å². The van der Waals surface area contributed by atoms with Gasteiger partial charge in [0.1, 0.15) is 17.8 Å². The van der Waals surface area contributed by atoms with E-state index >= 15 is 0 Å². The molecule has 1 saturated heterocycles. The van der Waals surface area contributed by atoms with Crippen LogP contribution in [0, 0.1) is 0 Å². The van der Waals surface area contributed by atoms with Crippen molar-refractivity contribution in [2.45, 2.75) is 24.9 Å². The van der Waals surface area contributed by atoms with Gasteiger partial charge in [-0.15, -0.1) is 0 Å². The molecule has 118 valence electrons. The van der Waals surface area contributed by atoms with Gasteiger partial charge in [0, 0.05) is 25.1 Å². The Hall–Kier alpha value is -2.32. The minimum Gasteiger partial charge on any atom is -0.364 e. The highest BCUT2D eigenvalue weighted by Crippen LogP contribution is 2.31. The summed E-state index contributed by atoms with van der Waals surface area (Å²) in [4.78, 5) is 19.9. The van der Waals surface area contributed by atoms with Gasteiger partial charge in [-0.1, -0.05) is 5.16 Å². The second kappa shape index (κ2) is 5.47. The van der Waals surface area contributed by atoms with Crippen molar-refractivity contribution in [3.63, 3.8) is 0 Å². The lowest BCUT2D eigenvalue weighted by Gasteiger charge is -2.31. The van der Waals surface area contributed by atoms with E-state index < -0.39 is 11.9 Å². The first-order valence-corrected chi connectivity index (χ1v) is 6.77. The molecule has 6 nitrogen and oxygen atoms in total. The average Bonchev–Trinajstić information content (AvgIpc) is 3.17. The SMILES string of the molecule is O=C(c1ccon1)N1CCCC(c2ncc(C(F)(F)F)[nH]2)C1. The Morgan fingerprint density at radius 1 is 1.45 bits per heavy atom. The summed E-state index contributed by atoms with van der Waals surface area (Å²) in [5.41, 5.74) is -0.682. The highest BCUT2D eigenvalue weighted by atomic mass is 19.4. The Labute approximate surface area is 123 Å². The number of nitrogens with one attached hydrogen (secondary N) is 1. The minimum atomic E-state index is -4.45. The number of hydrogen-bond acceptors (Lipinski definition) is 4. The van der Waals surface area contributed by atoms with Crippen LogP contribution in [0.4, 0.5) is 13.2 Å². The molecule has 0 aromatic carbocycles. The van der Waals surface area contributed by atoms with Crippen molar-refractivity contribution in [1.82, 2.24) is 20.0 Å². The van der Waals surface area contributed by atoms with Crippen LogP contribution in [-0.2, 0) is 6.18 Å². The third-order valence-corrected chi connectivity index (χ3v) is 3.65. The highest BCUT2D eigenvalue weighted by molar-refractivity contribution is 5.92. The molecule has 0 spiro atoms. The summed E-state index contributed by atoms with van der Waals surface area (Å²) in [5, 5.41) is 3.59. The van der Waals surface area contributed by atoms with E-state index in [1.54, 1.807) is 4.90 Å². The van der Waals surface area contributed by atoms with E-state index in [0.717, 1.165) is 6.20 Å². The number of amides is 1. The van der Waals surface area contributed by atoms with Crippen LogP contribution in [0.25, 0.3) is 0 Å². The second-order valence-corrected chi connectivity index (χ2v) is 5.15. The first kappa shape index (κ1) is 14.6. The maximum atomic E-state index is 12.6. The van der Waals surface area contributed by atoms with Crippen LogP contribution in [0.15, 0.2) is 23.0 Å². The molecule has 3 rings (SSSR count). The Morgan fingerprint density at radius 2 is 2.27 bits per heavy atom. The van der Waals surface area contributed by atoms with Gasteiger partial charge in [-0.25, -0.2) is 4.98 Å². The molecule has 0 bridgehead atoms. The molecule has 1 amide bonds. The monoisotopic (exact) mass is 314 g/mol. The summed E-state index contributed by atoms with van der Waals surface area (Å²) >= 11 is 0. The lowest BCUT2D eigenvalue weighted by molar-refractivity contribution is -0.141. The number of aromatic amines is 1. The zero-order chi connectivity index (χ0) is 15.7. The smallest absolute Gasteiger partial charge is 0.364 e. The third-order valence-electron chi connectivity index (χ3n) is 3.65. The number of imidazole rings is 1. The summed E-state index contributed by atoms with van der Waals surface area (Å²) in [6.07, 6.45) is -0.996. The first-order valence-electron chi connectivity index (χ1n) is 6.77. The number of alkyl halides is 3. The number of rotatable bonds is 2. The van der Waals surface area contributed by atoms with Gasteiger partial charge in [0.15, 0.2) is 5.69 Å². The zero-order valence-corrected chi connectivity index (χ0v) is 11.4. The van der Waals surface area contributed by atoms with Crippen molar-refractivity contribution in [1.29, 1.82) is 0 Å². The molecule has 1 aliphatic heterocycles. The van der Waals surface area contributed by atoms with Gasteiger partial charge in [0.2, 0.25) is 0 Å². The van der Waals surface area contributed by atoms with Crippen molar-refractivity contribution in [3.8, 4) is 0 Å². The van der Waals surface area contributed by atoms with Gasteiger partial charge in [-0.3, -0.25) is 4.79 Å². The third kappa shape index (κ3) is 2.83. The number of aromatic nitrogens is 3. The van der Waals surface area contributed by atoms with Gasteiger partial charge in [-0.2, -0.15) is 13.2 Å². The second-order valence-electron chi connectivity index (χ2n) is 5.15. The molecular weight excluding hydrogens is 301 g/mol. The molecule has 1 unspecified atom stereocenters. The number of halogens is 3. The van der Waals surface area contributed by atoms with Crippen LogP contribution >= 0.6 is 0 Å². The van der Waals surface area contributed by atoms with Crippen molar-refractivity contribution < 1.29 is 22.5 Å². The molecule has 9 heteroatoms. The summed E-state index contributed by atoms with van der Waals surface area (Å²) in [7, 11) is 0. The van der Waals surface area contributed by atoms with Gasteiger partial charge in [-0.05, 0) is 12.8 Å². The Bertz CT molecular complexity index is 651. The normalized spacial score (nSPS) is 19.4. The lowest BCUT2D eigenvalue weighted by Crippen LogP contribution is -2.39. The van der Waals surface area contributed by atoms with E-state index in [4.69, 9.17) is 0 Å². The van der Waals surface area contributed by atoms with E-state index in [1.165, 1.54) is 12.3 Å². The topological polar surface area (TPSA) is 75.0 Å². The molecule has 1 fully saturated rings. The molecule has 2 aromatic rings. The molecule has 0 radical (unpaired) electrons. The molecule has 1 aliphatic rings.